The van der Waals surface area contributed by atoms with E-state index in [2.05, 4.69) is 5.32 Å². The van der Waals surface area contributed by atoms with Crippen LogP contribution in [0.25, 0.3) is 6.08 Å². The van der Waals surface area contributed by atoms with Crippen molar-refractivity contribution in [3.05, 3.63) is 59.7 Å². The summed E-state index contributed by atoms with van der Waals surface area (Å²) in [5.74, 6) is -0.683. The molecular weight excluding hydrogens is 333 g/mol. The van der Waals surface area contributed by atoms with Crippen LogP contribution in [0.15, 0.2) is 48.5 Å². The fourth-order valence-electron chi connectivity index (χ4n) is 2.07. The minimum Gasteiger partial charge on any atom is -0.545 e. The van der Waals surface area contributed by atoms with Crippen LogP contribution in [0, 0.1) is 0 Å². The van der Waals surface area contributed by atoms with Crippen molar-refractivity contribution in [1.29, 1.82) is 0 Å². The molecule has 0 heterocycles. The largest absolute Gasteiger partial charge is 1.00 e. The Morgan fingerprint density at radius 3 is 2.36 bits per heavy atom. The summed E-state index contributed by atoms with van der Waals surface area (Å²) in [6.45, 7) is 0. The Morgan fingerprint density at radius 2 is 1.72 bits per heavy atom. The Kier molecular flexibility index (Phi) is 8.21. The smallest absolute Gasteiger partial charge is 0.545 e. The molecule has 0 saturated carbocycles. The zero-order valence-electron chi connectivity index (χ0n) is 14.2. The fourth-order valence-corrected chi connectivity index (χ4v) is 2.07. The average molecular weight is 349 g/mol. The number of para-hydroxylation sites is 1. The minimum atomic E-state index is -1.35. The van der Waals surface area contributed by atoms with Gasteiger partial charge < -0.3 is 24.7 Å². The molecule has 2 aromatic rings. The molecule has 2 aromatic carbocycles. The Hall–Kier alpha value is -2.28. The second-order valence-electron chi connectivity index (χ2n) is 4.77. The Bertz CT molecular complexity index is 789. The van der Waals surface area contributed by atoms with Crippen LogP contribution in [0.3, 0.4) is 0 Å². The third-order valence-corrected chi connectivity index (χ3v) is 3.24. The van der Waals surface area contributed by atoms with E-state index in [4.69, 9.17) is 9.47 Å². The maximum absolute atomic E-state index is 12.0. The molecule has 2 rings (SSSR count). The van der Waals surface area contributed by atoms with E-state index in [0.29, 0.717) is 11.5 Å². The summed E-state index contributed by atoms with van der Waals surface area (Å²) in [6.07, 6.45) is 2.88. The summed E-state index contributed by atoms with van der Waals surface area (Å²) < 4.78 is 10.3. The normalized spacial score (nSPS) is 10.0. The monoisotopic (exact) mass is 349 g/mol. The maximum Gasteiger partial charge on any atom is 1.00 e. The molecule has 0 aliphatic carbocycles. The molecular formula is C18H16NNaO5. The van der Waals surface area contributed by atoms with Gasteiger partial charge in [-0.05, 0) is 29.8 Å². The number of carbonyl (C=O) groups excluding carboxylic acids is 2. The van der Waals surface area contributed by atoms with E-state index >= 15 is 0 Å². The number of ether oxygens (including phenoxy) is 2. The molecule has 0 aliphatic rings. The predicted octanol–water partition coefficient (Wildman–Crippen LogP) is -1.28. The van der Waals surface area contributed by atoms with Gasteiger partial charge in [-0.25, -0.2) is 0 Å². The maximum atomic E-state index is 12.0. The van der Waals surface area contributed by atoms with Crippen LogP contribution < -0.4 is 49.5 Å². The number of amides is 1. The topological polar surface area (TPSA) is 87.7 Å². The quantitative estimate of drug-likeness (QED) is 0.519. The summed E-state index contributed by atoms with van der Waals surface area (Å²) in [7, 11) is 3.06. The zero-order chi connectivity index (χ0) is 17.5. The van der Waals surface area contributed by atoms with Crippen molar-refractivity contribution in [2.45, 2.75) is 0 Å². The van der Waals surface area contributed by atoms with Crippen molar-refractivity contribution in [1.82, 2.24) is 0 Å². The Morgan fingerprint density at radius 1 is 1.04 bits per heavy atom. The van der Waals surface area contributed by atoms with Crippen LogP contribution >= 0.6 is 0 Å². The summed E-state index contributed by atoms with van der Waals surface area (Å²) in [5, 5.41) is 13.5. The van der Waals surface area contributed by atoms with E-state index in [1.54, 1.807) is 36.4 Å². The number of carbonyl (C=O) groups is 2. The number of nitrogens with one attached hydrogen (secondary N) is 1. The molecule has 0 fully saturated rings. The minimum absolute atomic E-state index is 0. The van der Waals surface area contributed by atoms with E-state index in [9.17, 15) is 14.7 Å². The third kappa shape index (κ3) is 5.63. The number of methoxy groups -OCH3 is 2. The van der Waals surface area contributed by atoms with Crippen molar-refractivity contribution in [3.63, 3.8) is 0 Å². The van der Waals surface area contributed by atoms with E-state index in [1.807, 2.05) is 0 Å². The molecule has 1 N–H and O–H groups in total. The van der Waals surface area contributed by atoms with Gasteiger partial charge >= 0.3 is 29.6 Å². The molecule has 1 amide bonds. The first-order chi connectivity index (χ1) is 11.5. The van der Waals surface area contributed by atoms with Crippen LogP contribution in [0.1, 0.15) is 15.9 Å². The van der Waals surface area contributed by atoms with Crippen LogP contribution in [-0.2, 0) is 4.79 Å². The van der Waals surface area contributed by atoms with Crippen LogP contribution in [0.4, 0.5) is 5.69 Å². The average Bonchev–Trinajstić information content (AvgIpc) is 2.59. The molecule has 0 saturated heterocycles. The first kappa shape index (κ1) is 20.8. The standard InChI is InChI=1S/C18H17NO5.Na/c1-23-15-9-7-12(11-16(15)24-2)8-10-17(20)19-14-6-4-3-5-13(14)18(21)22;/h3-11H,1-2H3,(H,19,20)(H,21,22);/q;+1/p-1/b10-8+;. The number of rotatable bonds is 6. The van der Waals surface area contributed by atoms with Crippen molar-refractivity contribution in [3.8, 4) is 11.5 Å². The first-order valence-corrected chi connectivity index (χ1v) is 7.06. The van der Waals surface area contributed by atoms with Gasteiger partial charge in [0.15, 0.2) is 11.5 Å². The molecule has 0 bridgehead atoms. The van der Waals surface area contributed by atoms with Crippen molar-refractivity contribution < 1.29 is 53.7 Å². The van der Waals surface area contributed by atoms with E-state index in [-0.39, 0.29) is 40.8 Å². The SMILES string of the molecule is COc1ccc(/C=C/C(=O)Nc2ccccc2C(=O)[O-])cc1OC.[Na+]. The number of hydrogen-bond acceptors (Lipinski definition) is 5. The van der Waals surface area contributed by atoms with E-state index < -0.39 is 11.9 Å². The van der Waals surface area contributed by atoms with Gasteiger partial charge in [0.05, 0.1) is 25.9 Å². The number of carboxylic acids is 1. The van der Waals surface area contributed by atoms with Gasteiger partial charge in [0.2, 0.25) is 5.91 Å². The fraction of sp³-hybridized carbons (Fsp3) is 0.111. The van der Waals surface area contributed by atoms with Gasteiger partial charge in [0, 0.05) is 11.6 Å². The molecule has 0 spiro atoms. The molecule has 0 radical (unpaired) electrons. The van der Waals surface area contributed by atoms with Gasteiger partial charge in [-0.1, -0.05) is 24.3 Å². The van der Waals surface area contributed by atoms with E-state index in [0.717, 1.165) is 5.56 Å². The summed E-state index contributed by atoms with van der Waals surface area (Å²) in [5.41, 5.74) is 0.834. The molecule has 25 heavy (non-hydrogen) atoms. The van der Waals surface area contributed by atoms with Gasteiger partial charge in [0.1, 0.15) is 0 Å². The number of carboxylic acid groups (broad SMARTS) is 1. The number of anilines is 1. The number of aromatic carboxylic acids is 1. The molecule has 7 heteroatoms. The van der Waals surface area contributed by atoms with Crippen LogP contribution in [0.5, 0.6) is 11.5 Å². The molecule has 0 atom stereocenters. The summed E-state index contributed by atoms with van der Waals surface area (Å²) in [6, 6.07) is 11.2. The van der Waals surface area contributed by atoms with Crippen molar-refractivity contribution >= 4 is 23.6 Å². The van der Waals surface area contributed by atoms with Crippen LogP contribution in [-0.4, -0.2) is 26.1 Å². The molecule has 0 unspecified atom stereocenters. The Balaban J connectivity index is 0.00000312. The van der Waals surface area contributed by atoms with Gasteiger partial charge in [-0.3, -0.25) is 4.79 Å². The second kappa shape index (κ2) is 9.88. The molecule has 0 aliphatic heterocycles. The van der Waals surface area contributed by atoms with Gasteiger partial charge in [0.25, 0.3) is 0 Å². The van der Waals surface area contributed by atoms with E-state index in [1.165, 1.54) is 32.4 Å². The number of benzene rings is 2. The molecule has 6 nitrogen and oxygen atoms in total. The third-order valence-electron chi connectivity index (χ3n) is 3.24. The molecule has 0 aromatic heterocycles. The van der Waals surface area contributed by atoms with Crippen molar-refractivity contribution in [2.75, 3.05) is 19.5 Å². The molecule has 124 valence electrons. The van der Waals surface area contributed by atoms with Crippen LogP contribution in [0.2, 0.25) is 0 Å². The predicted molar refractivity (Wildman–Crippen MR) is 88.0 cm³/mol. The first-order valence-electron chi connectivity index (χ1n) is 7.06. The van der Waals surface area contributed by atoms with Crippen molar-refractivity contribution in [2.24, 2.45) is 0 Å². The zero-order valence-corrected chi connectivity index (χ0v) is 16.2. The summed E-state index contributed by atoms with van der Waals surface area (Å²) in [4.78, 5) is 23.0. The van der Waals surface area contributed by atoms with Gasteiger partial charge in [-0.15, -0.1) is 0 Å². The Labute approximate surface area is 167 Å². The summed E-state index contributed by atoms with van der Waals surface area (Å²) >= 11 is 0. The number of hydrogen-bond donors (Lipinski definition) is 1. The van der Waals surface area contributed by atoms with Gasteiger partial charge in [-0.2, -0.15) is 0 Å². The second-order valence-corrected chi connectivity index (χ2v) is 4.77.